The zero-order chi connectivity index (χ0) is 12.6. The van der Waals surface area contributed by atoms with Gasteiger partial charge >= 0.3 is 0 Å². The highest BCUT2D eigenvalue weighted by Crippen LogP contribution is 2.45. The van der Waals surface area contributed by atoms with Crippen LogP contribution < -0.4 is 0 Å². The molecule has 1 aliphatic carbocycles. The first-order valence-electron chi connectivity index (χ1n) is 6.20. The minimum atomic E-state index is -2.00. The van der Waals surface area contributed by atoms with Gasteiger partial charge in [0, 0.05) is 0 Å². The molecule has 0 amide bonds. The summed E-state index contributed by atoms with van der Waals surface area (Å²) in [5.74, 6) is 0. The third kappa shape index (κ3) is 1.56. The molecule has 0 saturated carbocycles. The molecular formula is C16H14F2. The van der Waals surface area contributed by atoms with E-state index in [9.17, 15) is 4.39 Å². The number of hydrogen-bond acceptors (Lipinski definition) is 0. The Bertz CT molecular complexity index is 550. The normalized spacial score (nSPS) is 26.7. The van der Waals surface area contributed by atoms with E-state index in [2.05, 4.69) is 0 Å². The van der Waals surface area contributed by atoms with Gasteiger partial charge in [-0.2, -0.15) is 0 Å². The van der Waals surface area contributed by atoms with Crippen molar-refractivity contribution in [2.24, 2.45) is 0 Å². The van der Waals surface area contributed by atoms with Crippen molar-refractivity contribution in [3.8, 4) is 0 Å². The predicted molar refractivity (Wildman–Crippen MR) is 68.0 cm³/mol. The molecule has 0 spiro atoms. The SMILES string of the molecule is F[C@H]1CCc2ccccc2[C@]1(F)c1ccccc1. The molecule has 0 aliphatic heterocycles. The zero-order valence-electron chi connectivity index (χ0n) is 9.94. The second-order valence-electron chi connectivity index (χ2n) is 4.74. The van der Waals surface area contributed by atoms with Gasteiger partial charge in [0.1, 0.15) is 6.17 Å². The van der Waals surface area contributed by atoms with Gasteiger partial charge in [-0.3, -0.25) is 0 Å². The Morgan fingerprint density at radius 1 is 0.944 bits per heavy atom. The summed E-state index contributed by atoms with van der Waals surface area (Å²) < 4.78 is 29.5. The van der Waals surface area contributed by atoms with E-state index in [1.165, 1.54) is 0 Å². The Morgan fingerprint density at radius 2 is 1.61 bits per heavy atom. The summed E-state index contributed by atoms with van der Waals surface area (Å²) in [5, 5.41) is 0. The Morgan fingerprint density at radius 3 is 2.39 bits per heavy atom. The van der Waals surface area contributed by atoms with Gasteiger partial charge in [-0.05, 0) is 29.5 Å². The van der Waals surface area contributed by atoms with Gasteiger partial charge < -0.3 is 0 Å². The van der Waals surface area contributed by atoms with Crippen molar-refractivity contribution < 1.29 is 8.78 Å². The average Bonchev–Trinajstić information content (AvgIpc) is 2.44. The molecule has 0 nitrogen and oxygen atoms in total. The van der Waals surface area contributed by atoms with Crippen LogP contribution in [0.4, 0.5) is 8.78 Å². The standard InChI is InChI=1S/C16H14F2/c17-15-11-10-12-6-4-5-9-14(12)16(15,18)13-7-2-1-3-8-13/h1-9,15H,10-11H2/t15-,16+/m0/s1. The van der Waals surface area contributed by atoms with Crippen LogP contribution in [0.2, 0.25) is 0 Å². The minimum absolute atomic E-state index is 0.238. The number of hydrogen-bond donors (Lipinski definition) is 0. The van der Waals surface area contributed by atoms with Gasteiger partial charge in [0.25, 0.3) is 0 Å². The summed E-state index contributed by atoms with van der Waals surface area (Å²) in [5.41, 5.74) is -0.201. The smallest absolute Gasteiger partial charge is 0.192 e. The molecule has 0 N–H and O–H groups in total. The van der Waals surface area contributed by atoms with E-state index in [1.807, 2.05) is 18.2 Å². The molecular weight excluding hydrogens is 230 g/mol. The molecule has 0 saturated heterocycles. The minimum Gasteiger partial charge on any atom is -0.243 e. The van der Waals surface area contributed by atoms with Crippen LogP contribution in [-0.2, 0) is 12.1 Å². The van der Waals surface area contributed by atoms with Gasteiger partial charge in [0.05, 0.1) is 0 Å². The second kappa shape index (κ2) is 4.20. The third-order valence-electron chi connectivity index (χ3n) is 3.70. The molecule has 0 aromatic heterocycles. The molecule has 1 aliphatic rings. The van der Waals surface area contributed by atoms with Crippen molar-refractivity contribution in [1.29, 1.82) is 0 Å². The van der Waals surface area contributed by atoms with Crippen LogP contribution in [-0.4, -0.2) is 6.17 Å². The van der Waals surface area contributed by atoms with Gasteiger partial charge in [-0.25, -0.2) is 8.78 Å². The lowest BCUT2D eigenvalue weighted by molar-refractivity contribution is 0.0696. The lowest BCUT2D eigenvalue weighted by Gasteiger charge is -2.35. The molecule has 2 heteroatoms. The van der Waals surface area contributed by atoms with Crippen molar-refractivity contribution >= 4 is 0 Å². The van der Waals surface area contributed by atoms with Crippen molar-refractivity contribution in [2.75, 3.05) is 0 Å². The lowest BCUT2D eigenvalue weighted by atomic mass is 9.75. The Balaban J connectivity index is 2.21. The molecule has 0 fully saturated rings. The van der Waals surface area contributed by atoms with Crippen molar-refractivity contribution in [3.05, 3.63) is 71.3 Å². The summed E-state index contributed by atoms with van der Waals surface area (Å²) in [6.07, 6.45) is -0.632. The molecule has 18 heavy (non-hydrogen) atoms. The maximum Gasteiger partial charge on any atom is 0.192 e. The fourth-order valence-corrected chi connectivity index (χ4v) is 2.76. The summed E-state index contributed by atoms with van der Waals surface area (Å²) in [6, 6.07) is 15.9. The van der Waals surface area contributed by atoms with Gasteiger partial charge in [0.15, 0.2) is 5.67 Å². The van der Waals surface area contributed by atoms with E-state index >= 15 is 4.39 Å². The summed E-state index contributed by atoms with van der Waals surface area (Å²) >= 11 is 0. The van der Waals surface area contributed by atoms with Crippen LogP contribution in [0, 0.1) is 0 Å². The van der Waals surface area contributed by atoms with Crippen LogP contribution in [0.15, 0.2) is 54.6 Å². The first-order chi connectivity index (χ1) is 8.73. The van der Waals surface area contributed by atoms with E-state index in [0.29, 0.717) is 17.5 Å². The number of rotatable bonds is 1. The monoisotopic (exact) mass is 244 g/mol. The van der Waals surface area contributed by atoms with Crippen molar-refractivity contribution in [1.82, 2.24) is 0 Å². The molecule has 0 unspecified atom stereocenters. The first-order valence-corrected chi connectivity index (χ1v) is 6.20. The zero-order valence-corrected chi connectivity index (χ0v) is 9.94. The van der Waals surface area contributed by atoms with E-state index in [1.54, 1.807) is 36.4 Å². The number of aryl methyl sites for hydroxylation is 1. The highest BCUT2D eigenvalue weighted by Gasteiger charge is 2.46. The number of fused-ring (bicyclic) bond motifs is 1. The van der Waals surface area contributed by atoms with Crippen LogP contribution in [0.3, 0.4) is 0 Å². The molecule has 3 rings (SSSR count). The predicted octanol–water partition coefficient (Wildman–Crippen LogP) is 4.18. The van der Waals surface area contributed by atoms with Crippen LogP contribution in [0.1, 0.15) is 23.1 Å². The highest BCUT2D eigenvalue weighted by atomic mass is 19.2. The van der Waals surface area contributed by atoms with E-state index in [-0.39, 0.29) is 6.42 Å². The summed E-state index contributed by atoms with van der Waals surface area (Å²) in [7, 11) is 0. The quantitative estimate of drug-likeness (QED) is 0.705. The Hall–Kier alpha value is -1.70. The average molecular weight is 244 g/mol. The fraction of sp³-hybridized carbons (Fsp3) is 0.250. The number of benzene rings is 2. The van der Waals surface area contributed by atoms with Crippen LogP contribution >= 0.6 is 0 Å². The van der Waals surface area contributed by atoms with Crippen molar-refractivity contribution in [3.63, 3.8) is 0 Å². The van der Waals surface area contributed by atoms with Crippen LogP contribution in [0.25, 0.3) is 0 Å². The number of halogens is 2. The topological polar surface area (TPSA) is 0 Å². The Labute approximate surface area is 105 Å². The lowest BCUT2D eigenvalue weighted by Crippen LogP contribution is -2.38. The van der Waals surface area contributed by atoms with Crippen LogP contribution in [0.5, 0.6) is 0 Å². The summed E-state index contributed by atoms with van der Waals surface area (Å²) in [4.78, 5) is 0. The third-order valence-corrected chi connectivity index (χ3v) is 3.70. The second-order valence-corrected chi connectivity index (χ2v) is 4.74. The van der Waals surface area contributed by atoms with Gasteiger partial charge in [-0.1, -0.05) is 54.6 Å². The first kappa shape index (κ1) is 11.4. The van der Waals surface area contributed by atoms with Gasteiger partial charge in [-0.15, -0.1) is 0 Å². The molecule has 0 heterocycles. The maximum absolute atomic E-state index is 15.3. The summed E-state index contributed by atoms with van der Waals surface area (Å²) in [6.45, 7) is 0. The number of alkyl halides is 2. The molecule has 2 aromatic rings. The molecule has 0 radical (unpaired) electrons. The molecule has 2 aromatic carbocycles. The molecule has 2 atom stereocenters. The fourth-order valence-electron chi connectivity index (χ4n) is 2.76. The van der Waals surface area contributed by atoms with Crippen molar-refractivity contribution in [2.45, 2.75) is 24.7 Å². The highest BCUT2D eigenvalue weighted by molar-refractivity contribution is 5.44. The largest absolute Gasteiger partial charge is 0.243 e. The maximum atomic E-state index is 15.3. The van der Waals surface area contributed by atoms with E-state index < -0.39 is 11.8 Å². The van der Waals surface area contributed by atoms with E-state index in [4.69, 9.17) is 0 Å². The molecule has 0 bridgehead atoms. The van der Waals surface area contributed by atoms with Gasteiger partial charge in [0.2, 0.25) is 0 Å². The Kier molecular flexibility index (Phi) is 2.66. The molecule has 92 valence electrons. The van der Waals surface area contributed by atoms with E-state index in [0.717, 1.165) is 5.56 Å².